The zero-order valence-electron chi connectivity index (χ0n) is 12.6. The molecular weight excluding hydrogens is 298 g/mol. The van der Waals surface area contributed by atoms with Gasteiger partial charge in [0.15, 0.2) is 0 Å². The molecule has 3 nitrogen and oxygen atoms in total. The summed E-state index contributed by atoms with van der Waals surface area (Å²) < 4.78 is 8.03. The van der Waals surface area contributed by atoms with Crippen molar-refractivity contribution < 1.29 is 9.84 Å². The van der Waals surface area contributed by atoms with Crippen molar-refractivity contribution in [1.29, 1.82) is 0 Å². The Morgan fingerprint density at radius 3 is 2.64 bits per heavy atom. The van der Waals surface area contributed by atoms with E-state index in [0.29, 0.717) is 17.4 Å². The Kier molecular flexibility index (Phi) is 3.99. The van der Waals surface area contributed by atoms with Gasteiger partial charge in [-0.3, -0.25) is 0 Å². The molecule has 22 heavy (non-hydrogen) atoms. The van der Waals surface area contributed by atoms with Crippen molar-refractivity contribution in [2.24, 2.45) is 0 Å². The van der Waals surface area contributed by atoms with Crippen LogP contribution in [0.25, 0.3) is 10.9 Å². The third-order valence-electron chi connectivity index (χ3n) is 3.64. The average Bonchev–Trinajstić information content (AvgIpc) is 2.85. The number of halogens is 1. The topological polar surface area (TPSA) is 34.4 Å². The fraction of sp³-hybridized carbons (Fsp3) is 0.222. The lowest BCUT2D eigenvalue weighted by atomic mass is 10.2. The van der Waals surface area contributed by atoms with E-state index in [1.165, 1.54) is 0 Å². The Morgan fingerprint density at radius 2 is 1.91 bits per heavy atom. The van der Waals surface area contributed by atoms with Gasteiger partial charge in [-0.2, -0.15) is 0 Å². The lowest BCUT2D eigenvalue weighted by Crippen LogP contribution is -2.08. The van der Waals surface area contributed by atoms with Crippen LogP contribution >= 0.6 is 11.6 Å². The second-order valence-corrected chi connectivity index (χ2v) is 5.99. The molecule has 114 valence electrons. The van der Waals surface area contributed by atoms with Gasteiger partial charge in [-0.15, -0.1) is 0 Å². The monoisotopic (exact) mass is 315 g/mol. The van der Waals surface area contributed by atoms with Gasteiger partial charge < -0.3 is 14.4 Å². The van der Waals surface area contributed by atoms with E-state index in [4.69, 9.17) is 16.3 Å². The van der Waals surface area contributed by atoms with Crippen molar-refractivity contribution in [1.82, 2.24) is 4.57 Å². The van der Waals surface area contributed by atoms with Gasteiger partial charge in [0.25, 0.3) is 0 Å². The maximum Gasteiger partial charge on any atom is 0.128 e. The highest BCUT2D eigenvalue weighted by atomic mass is 35.5. The predicted octanol–water partition coefficient (Wildman–Crippen LogP) is 5.16. The van der Waals surface area contributed by atoms with Gasteiger partial charge in [0, 0.05) is 16.5 Å². The summed E-state index contributed by atoms with van der Waals surface area (Å²) in [6, 6.07) is 15.2. The second kappa shape index (κ2) is 5.93. The van der Waals surface area contributed by atoms with Gasteiger partial charge >= 0.3 is 0 Å². The molecule has 0 fully saturated rings. The van der Waals surface area contributed by atoms with Crippen LogP contribution in [0.3, 0.4) is 0 Å². The van der Waals surface area contributed by atoms with E-state index in [2.05, 4.69) is 18.4 Å². The van der Waals surface area contributed by atoms with Crippen LogP contribution in [0, 0.1) is 0 Å². The summed E-state index contributed by atoms with van der Waals surface area (Å²) in [5, 5.41) is 11.5. The molecule has 0 aliphatic heterocycles. The number of benzene rings is 2. The van der Waals surface area contributed by atoms with Crippen LogP contribution < -0.4 is 4.74 Å². The van der Waals surface area contributed by atoms with Crippen molar-refractivity contribution in [2.75, 3.05) is 0 Å². The first kappa shape index (κ1) is 14.8. The summed E-state index contributed by atoms with van der Waals surface area (Å²) in [5.74, 6) is 1.03. The molecule has 0 bridgehead atoms. The molecule has 1 N–H and O–H groups in total. The van der Waals surface area contributed by atoms with Crippen molar-refractivity contribution in [3.05, 3.63) is 59.2 Å². The number of phenolic OH excluding ortho intramolecular Hbond substituents is 1. The van der Waals surface area contributed by atoms with E-state index in [-0.39, 0.29) is 6.04 Å². The number of nitrogens with zero attached hydrogens (tertiary/aromatic N) is 1. The van der Waals surface area contributed by atoms with E-state index in [9.17, 15) is 5.11 Å². The summed E-state index contributed by atoms with van der Waals surface area (Å²) in [6.45, 7) is 4.66. The van der Waals surface area contributed by atoms with Gasteiger partial charge in [0.1, 0.15) is 18.1 Å². The van der Waals surface area contributed by atoms with Crippen molar-refractivity contribution in [2.45, 2.75) is 26.5 Å². The molecule has 3 rings (SSSR count). The van der Waals surface area contributed by atoms with Crippen molar-refractivity contribution in [3.8, 4) is 11.5 Å². The molecule has 0 spiro atoms. The molecule has 4 heteroatoms. The quantitative estimate of drug-likeness (QED) is 0.721. The number of ether oxygens (including phenoxy) is 1. The van der Waals surface area contributed by atoms with E-state index in [1.54, 1.807) is 12.1 Å². The minimum atomic E-state index is 0.275. The van der Waals surface area contributed by atoms with Crippen LogP contribution in [0.4, 0.5) is 0 Å². The normalized spacial score (nSPS) is 11.3. The molecule has 0 saturated carbocycles. The number of hydrogen-bond acceptors (Lipinski definition) is 2. The molecule has 0 aliphatic rings. The lowest BCUT2D eigenvalue weighted by molar-refractivity contribution is 0.293. The number of aromatic hydroxyl groups is 1. The molecule has 0 amide bonds. The van der Waals surface area contributed by atoms with E-state index >= 15 is 0 Å². The molecular formula is C18H18ClNO2. The smallest absolute Gasteiger partial charge is 0.128 e. The first-order valence-corrected chi connectivity index (χ1v) is 7.64. The maximum atomic E-state index is 10.0. The highest BCUT2D eigenvalue weighted by Gasteiger charge is 2.14. The van der Waals surface area contributed by atoms with Gasteiger partial charge in [-0.25, -0.2) is 0 Å². The molecule has 0 unspecified atom stereocenters. The highest BCUT2D eigenvalue weighted by molar-refractivity contribution is 6.30. The Morgan fingerprint density at radius 1 is 1.14 bits per heavy atom. The maximum absolute atomic E-state index is 10.0. The molecule has 0 atom stereocenters. The summed E-state index contributed by atoms with van der Waals surface area (Å²) in [7, 11) is 0. The lowest BCUT2D eigenvalue weighted by Gasteiger charge is -2.15. The van der Waals surface area contributed by atoms with Crippen LogP contribution in [0.1, 0.15) is 25.6 Å². The number of rotatable bonds is 4. The Hall–Kier alpha value is -2.13. The van der Waals surface area contributed by atoms with Crippen LogP contribution in [0.15, 0.2) is 48.5 Å². The van der Waals surface area contributed by atoms with E-state index in [0.717, 1.165) is 22.3 Å². The Balaban J connectivity index is 1.96. The van der Waals surface area contributed by atoms with Crippen molar-refractivity contribution >= 4 is 22.5 Å². The molecule has 3 aromatic rings. The fourth-order valence-corrected chi connectivity index (χ4v) is 2.91. The van der Waals surface area contributed by atoms with Gasteiger partial charge in [-0.05, 0) is 50.2 Å². The SMILES string of the molecule is CC(C)n1c(COc2cccc(Cl)c2)cc2c(O)cccc21. The molecule has 2 aromatic carbocycles. The van der Waals surface area contributed by atoms with Crippen LogP contribution in [-0.2, 0) is 6.61 Å². The second-order valence-electron chi connectivity index (χ2n) is 5.56. The summed E-state index contributed by atoms with van der Waals surface area (Å²) in [6.07, 6.45) is 0. The number of aromatic nitrogens is 1. The summed E-state index contributed by atoms with van der Waals surface area (Å²) in [4.78, 5) is 0. The standard InChI is InChI=1S/C18H18ClNO2/c1-12(2)20-14(10-16-17(20)7-4-8-18(16)21)11-22-15-6-3-5-13(19)9-15/h3-10,12,21H,11H2,1-2H3. The zero-order valence-corrected chi connectivity index (χ0v) is 13.3. The first-order chi connectivity index (χ1) is 10.6. The predicted molar refractivity (Wildman–Crippen MR) is 89.8 cm³/mol. The minimum absolute atomic E-state index is 0.275. The van der Waals surface area contributed by atoms with Crippen LogP contribution in [0.5, 0.6) is 11.5 Å². The molecule has 0 aliphatic carbocycles. The highest BCUT2D eigenvalue weighted by Crippen LogP contribution is 2.31. The zero-order chi connectivity index (χ0) is 15.7. The van der Waals surface area contributed by atoms with Gasteiger partial charge in [0.05, 0.1) is 11.2 Å². The van der Waals surface area contributed by atoms with E-state index < -0.39 is 0 Å². The molecule has 1 aromatic heterocycles. The van der Waals surface area contributed by atoms with Gasteiger partial charge in [0.2, 0.25) is 0 Å². The van der Waals surface area contributed by atoms with E-state index in [1.807, 2.05) is 36.4 Å². The largest absolute Gasteiger partial charge is 0.507 e. The molecule has 0 radical (unpaired) electrons. The third kappa shape index (κ3) is 2.77. The first-order valence-electron chi connectivity index (χ1n) is 7.26. The summed E-state index contributed by atoms with van der Waals surface area (Å²) >= 11 is 5.98. The van der Waals surface area contributed by atoms with Crippen molar-refractivity contribution in [3.63, 3.8) is 0 Å². The Bertz CT molecular complexity index is 808. The fourth-order valence-electron chi connectivity index (χ4n) is 2.73. The minimum Gasteiger partial charge on any atom is -0.507 e. The molecule has 1 heterocycles. The van der Waals surface area contributed by atoms with Gasteiger partial charge in [-0.1, -0.05) is 23.7 Å². The molecule has 0 saturated heterocycles. The van der Waals surface area contributed by atoms with Crippen LogP contribution in [0.2, 0.25) is 5.02 Å². The average molecular weight is 316 g/mol. The number of hydrogen-bond donors (Lipinski definition) is 1. The number of phenols is 1. The van der Waals surface area contributed by atoms with Crippen LogP contribution in [-0.4, -0.2) is 9.67 Å². The number of fused-ring (bicyclic) bond motifs is 1. The third-order valence-corrected chi connectivity index (χ3v) is 3.87. The summed E-state index contributed by atoms with van der Waals surface area (Å²) in [5.41, 5.74) is 2.03. The Labute approximate surface area is 134 Å².